The second-order valence-electron chi connectivity index (χ2n) is 8.13. The molecule has 156 valence electrons. The van der Waals surface area contributed by atoms with Crippen molar-refractivity contribution in [2.75, 3.05) is 44.7 Å². The fraction of sp³-hybridized carbons (Fsp3) is 0.889. The van der Waals surface area contributed by atoms with Gasteiger partial charge in [-0.25, -0.2) is 8.42 Å². The van der Waals surface area contributed by atoms with Crippen molar-refractivity contribution >= 4 is 21.7 Å². The molecule has 1 atom stereocenters. The predicted octanol–water partition coefficient (Wildman–Crippen LogP) is 0.109. The molecule has 2 fully saturated rings. The van der Waals surface area contributed by atoms with Crippen LogP contribution in [0.2, 0.25) is 0 Å². The van der Waals surface area contributed by atoms with E-state index in [1.165, 1.54) is 19.3 Å². The maximum Gasteiger partial charge on any atom is 0.222 e. The normalized spacial score (nSPS) is 23.8. The molecule has 2 aliphatic heterocycles. The maximum atomic E-state index is 12.0. The van der Waals surface area contributed by atoms with E-state index in [0.29, 0.717) is 18.9 Å². The van der Waals surface area contributed by atoms with Crippen LogP contribution in [0.5, 0.6) is 0 Å². The molecular formula is C18H35N5O3S. The Bertz CT molecular complexity index is 627. The van der Waals surface area contributed by atoms with Gasteiger partial charge in [0, 0.05) is 38.1 Å². The summed E-state index contributed by atoms with van der Waals surface area (Å²) < 4.78 is 22.9. The maximum absolute atomic E-state index is 12.0. The summed E-state index contributed by atoms with van der Waals surface area (Å²) in [5.74, 6) is 0.769. The van der Waals surface area contributed by atoms with Gasteiger partial charge in [0.15, 0.2) is 15.8 Å². The number of hydrogen-bond donors (Lipinski definition) is 3. The Morgan fingerprint density at radius 1 is 1.19 bits per heavy atom. The number of likely N-dealkylation sites (tertiary alicyclic amines) is 1. The molecule has 0 aromatic rings. The topological polar surface area (TPSA) is 103 Å². The molecule has 1 amide bonds. The Kier molecular flexibility index (Phi) is 7.91. The number of carbonyl (C=O) groups is 1. The van der Waals surface area contributed by atoms with Crippen molar-refractivity contribution in [3.05, 3.63) is 0 Å². The molecule has 3 N–H and O–H groups in total. The number of sulfone groups is 1. The Labute approximate surface area is 163 Å². The molecule has 0 radical (unpaired) electrons. The molecule has 0 aromatic heterocycles. The third-order valence-electron chi connectivity index (χ3n) is 5.37. The van der Waals surface area contributed by atoms with Gasteiger partial charge in [0.05, 0.1) is 11.5 Å². The second-order valence-corrected chi connectivity index (χ2v) is 10.4. The van der Waals surface area contributed by atoms with Crippen LogP contribution in [0, 0.1) is 0 Å². The van der Waals surface area contributed by atoms with Crippen LogP contribution in [0.25, 0.3) is 0 Å². The van der Waals surface area contributed by atoms with Crippen molar-refractivity contribution in [2.45, 2.75) is 57.5 Å². The first-order valence-corrected chi connectivity index (χ1v) is 11.7. The highest BCUT2D eigenvalue weighted by Gasteiger charge is 2.29. The number of rotatable bonds is 7. The molecule has 9 heteroatoms. The van der Waals surface area contributed by atoms with Crippen LogP contribution in [0.15, 0.2) is 4.99 Å². The fourth-order valence-corrected chi connectivity index (χ4v) is 5.31. The average Bonchev–Trinajstić information content (AvgIpc) is 2.97. The highest BCUT2D eigenvalue weighted by atomic mass is 32.2. The van der Waals surface area contributed by atoms with Crippen LogP contribution in [-0.4, -0.2) is 81.5 Å². The van der Waals surface area contributed by atoms with Crippen LogP contribution in [0.4, 0.5) is 0 Å². The molecular weight excluding hydrogens is 366 g/mol. The van der Waals surface area contributed by atoms with E-state index in [-0.39, 0.29) is 35.4 Å². The lowest BCUT2D eigenvalue weighted by Crippen LogP contribution is -2.55. The van der Waals surface area contributed by atoms with Gasteiger partial charge in [0.2, 0.25) is 5.91 Å². The third-order valence-corrected chi connectivity index (χ3v) is 7.13. The Hall–Kier alpha value is -1.35. The largest absolute Gasteiger partial charge is 0.356 e. The van der Waals surface area contributed by atoms with Gasteiger partial charge < -0.3 is 16.0 Å². The van der Waals surface area contributed by atoms with Gasteiger partial charge in [-0.3, -0.25) is 14.7 Å². The first kappa shape index (κ1) is 21.9. The number of amides is 1. The van der Waals surface area contributed by atoms with E-state index in [9.17, 15) is 13.2 Å². The summed E-state index contributed by atoms with van der Waals surface area (Å²) in [6.07, 6.45) is 4.63. The van der Waals surface area contributed by atoms with Crippen LogP contribution < -0.4 is 16.0 Å². The molecule has 0 aliphatic carbocycles. The van der Waals surface area contributed by atoms with Crippen LogP contribution in [0.3, 0.4) is 0 Å². The lowest BCUT2D eigenvalue weighted by atomic mass is 9.98. The smallest absolute Gasteiger partial charge is 0.222 e. The van der Waals surface area contributed by atoms with Crippen molar-refractivity contribution in [1.82, 2.24) is 20.9 Å². The van der Waals surface area contributed by atoms with E-state index in [1.807, 2.05) is 0 Å². The summed E-state index contributed by atoms with van der Waals surface area (Å²) >= 11 is 0. The molecule has 0 spiro atoms. The van der Waals surface area contributed by atoms with Gasteiger partial charge in [-0.2, -0.15) is 0 Å². The van der Waals surface area contributed by atoms with E-state index in [0.717, 1.165) is 19.6 Å². The molecule has 2 saturated heterocycles. The van der Waals surface area contributed by atoms with E-state index in [2.05, 4.69) is 39.7 Å². The van der Waals surface area contributed by atoms with Crippen molar-refractivity contribution in [1.29, 1.82) is 0 Å². The monoisotopic (exact) mass is 401 g/mol. The third kappa shape index (κ3) is 7.29. The Morgan fingerprint density at radius 3 is 2.48 bits per heavy atom. The van der Waals surface area contributed by atoms with Crippen molar-refractivity contribution < 1.29 is 13.2 Å². The minimum absolute atomic E-state index is 0.0450. The van der Waals surface area contributed by atoms with E-state index < -0.39 is 9.84 Å². The standard InChI is InChI=1S/C18H35N5O3S/c1-18(2,23-10-5-4-6-11-23)14-21-17(19-3)20-9-7-16(24)22-15-8-12-27(25,26)13-15/h15H,4-14H2,1-3H3,(H,22,24)(H2,19,20,21). The molecule has 27 heavy (non-hydrogen) atoms. The number of nitrogens with one attached hydrogen (secondary N) is 3. The van der Waals surface area contributed by atoms with Gasteiger partial charge >= 0.3 is 0 Å². The first-order chi connectivity index (χ1) is 12.7. The highest BCUT2D eigenvalue weighted by molar-refractivity contribution is 7.91. The summed E-state index contributed by atoms with van der Waals surface area (Å²) in [4.78, 5) is 18.7. The lowest BCUT2D eigenvalue weighted by Gasteiger charge is -2.41. The van der Waals surface area contributed by atoms with Gasteiger partial charge in [0.1, 0.15) is 0 Å². The number of piperidine rings is 1. The number of carbonyl (C=O) groups excluding carboxylic acids is 1. The molecule has 2 heterocycles. The minimum atomic E-state index is -2.97. The van der Waals surface area contributed by atoms with Crippen LogP contribution >= 0.6 is 0 Å². The SMILES string of the molecule is CN=C(NCCC(=O)NC1CCS(=O)(=O)C1)NCC(C)(C)N1CCCCC1. The van der Waals surface area contributed by atoms with E-state index in [4.69, 9.17) is 0 Å². The number of aliphatic imine (C=N–C) groups is 1. The predicted molar refractivity (Wildman–Crippen MR) is 109 cm³/mol. The zero-order valence-electron chi connectivity index (χ0n) is 16.9. The number of nitrogens with zero attached hydrogens (tertiary/aromatic N) is 2. The number of guanidine groups is 1. The second kappa shape index (κ2) is 9.73. The molecule has 2 rings (SSSR count). The molecule has 0 bridgehead atoms. The molecule has 0 saturated carbocycles. The lowest BCUT2D eigenvalue weighted by molar-refractivity contribution is -0.121. The van der Waals surface area contributed by atoms with Gasteiger partial charge in [-0.1, -0.05) is 6.42 Å². The van der Waals surface area contributed by atoms with E-state index >= 15 is 0 Å². The van der Waals surface area contributed by atoms with Crippen molar-refractivity contribution in [2.24, 2.45) is 4.99 Å². The zero-order chi connectivity index (χ0) is 19.9. The molecule has 2 aliphatic rings. The van der Waals surface area contributed by atoms with Gasteiger partial charge in [0.25, 0.3) is 0 Å². The summed E-state index contributed by atoms with van der Waals surface area (Å²) in [7, 11) is -1.26. The fourth-order valence-electron chi connectivity index (χ4n) is 3.63. The first-order valence-electron chi connectivity index (χ1n) is 9.91. The summed E-state index contributed by atoms with van der Waals surface area (Å²) in [5.41, 5.74) is 0.0450. The van der Waals surface area contributed by atoms with Crippen LogP contribution in [-0.2, 0) is 14.6 Å². The Balaban J connectivity index is 1.67. The average molecular weight is 402 g/mol. The molecule has 0 aromatic carbocycles. The molecule has 1 unspecified atom stereocenters. The van der Waals surface area contributed by atoms with E-state index in [1.54, 1.807) is 7.05 Å². The Morgan fingerprint density at radius 2 is 1.89 bits per heavy atom. The molecule has 8 nitrogen and oxygen atoms in total. The zero-order valence-corrected chi connectivity index (χ0v) is 17.7. The van der Waals surface area contributed by atoms with Crippen molar-refractivity contribution in [3.8, 4) is 0 Å². The van der Waals surface area contributed by atoms with Crippen LogP contribution in [0.1, 0.15) is 46.0 Å². The van der Waals surface area contributed by atoms with Gasteiger partial charge in [-0.15, -0.1) is 0 Å². The summed E-state index contributed by atoms with van der Waals surface area (Å²) in [6, 6.07) is -0.245. The highest BCUT2D eigenvalue weighted by Crippen LogP contribution is 2.19. The quantitative estimate of drug-likeness (QED) is 0.413. The summed E-state index contributed by atoms with van der Waals surface area (Å²) in [5, 5.41) is 9.31. The number of hydrogen-bond acceptors (Lipinski definition) is 5. The summed E-state index contributed by atoms with van der Waals surface area (Å²) in [6.45, 7) is 7.98. The van der Waals surface area contributed by atoms with Crippen molar-refractivity contribution in [3.63, 3.8) is 0 Å². The minimum Gasteiger partial charge on any atom is -0.356 e. The van der Waals surface area contributed by atoms with Gasteiger partial charge in [-0.05, 0) is 46.2 Å².